The average molecular weight is 194 g/mol. The smallest absolute Gasteiger partial charge is 0.0633 e. The van der Waals surface area contributed by atoms with Gasteiger partial charge in [-0.25, -0.2) is 0 Å². The quantitative estimate of drug-likeness (QED) is 0.707. The summed E-state index contributed by atoms with van der Waals surface area (Å²) in [6.07, 6.45) is 1.07. The maximum atomic E-state index is 4.58. The van der Waals surface area contributed by atoms with Crippen LogP contribution in [0.5, 0.6) is 0 Å². The highest BCUT2D eigenvalue weighted by Crippen LogP contribution is 2.29. The maximum absolute atomic E-state index is 4.58. The van der Waals surface area contributed by atoms with Crippen LogP contribution in [-0.2, 0) is 18.4 Å². The third-order valence-corrected chi connectivity index (χ3v) is 2.62. The van der Waals surface area contributed by atoms with E-state index in [0.29, 0.717) is 0 Å². The molecule has 0 amide bonds. The average Bonchev–Trinajstić information content (AvgIpc) is 2.40. The lowest BCUT2D eigenvalue weighted by molar-refractivity contribution is 0.569. The normalized spacial score (nSPS) is 12.1. The Morgan fingerprint density at radius 3 is 2.14 bits per heavy atom. The molecule has 0 N–H and O–H groups in total. The van der Waals surface area contributed by atoms with Crippen LogP contribution < -0.4 is 0 Å². The van der Waals surface area contributed by atoms with Crippen LogP contribution >= 0.6 is 0 Å². The number of hydrogen-bond acceptors (Lipinski definition) is 1. The van der Waals surface area contributed by atoms with Crippen molar-refractivity contribution >= 4 is 0 Å². The molecule has 0 spiro atoms. The van der Waals surface area contributed by atoms with Crippen LogP contribution in [-0.4, -0.2) is 9.78 Å². The molecule has 2 nitrogen and oxygen atoms in total. The van der Waals surface area contributed by atoms with Crippen molar-refractivity contribution in [3.63, 3.8) is 0 Å². The molecule has 0 atom stereocenters. The summed E-state index contributed by atoms with van der Waals surface area (Å²) < 4.78 is 2.13. The topological polar surface area (TPSA) is 17.8 Å². The Bertz CT molecular complexity index is 316. The Labute approximate surface area is 87.3 Å². The number of nitrogens with zero attached hydrogens (tertiary/aromatic N) is 2. The van der Waals surface area contributed by atoms with Gasteiger partial charge in [0.25, 0.3) is 0 Å². The van der Waals surface area contributed by atoms with E-state index in [-0.39, 0.29) is 5.41 Å². The van der Waals surface area contributed by atoms with Gasteiger partial charge in [0.05, 0.1) is 5.69 Å². The maximum Gasteiger partial charge on any atom is 0.0633 e. The molecule has 1 aromatic heterocycles. The second kappa shape index (κ2) is 3.76. The third kappa shape index (κ3) is 1.84. The van der Waals surface area contributed by atoms with E-state index in [1.54, 1.807) is 0 Å². The van der Waals surface area contributed by atoms with Gasteiger partial charge in [-0.1, -0.05) is 27.7 Å². The SMILES string of the molecule is CCc1c(C(C)(C)C)c(C)nn1CC. The molecule has 0 unspecified atom stereocenters. The molecule has 0 aliphatic rings. The van der Waals surface area contributed by atoms with Crippen LogP contribution in [0.4, 0.5) is 0 Å². The Morgan fingerprint density at radius 1 is 1.21 bits per heavy atom. The summed E-state index contributed by atoms with van der Waals surface area (Å²) in [6.45, 7) is 14.2. The van der Waals surface area contributed by atoms with Gasteiger partial charge in [0.1, 0.15) is 0 Å². The van der Waals surface area contributed by atoms with E-state index in [0.717, 1.165) is 13.0 Å². The van der Waals surface area contributed by atoms with Gasteiger partial charge in [-0.15, -0.1) is 0 Å². The highest BCUT2D eigenvalue weighted by Gasteiger charge is 2.23. The van der Waals surface area contributed by atoms with E-state index in [1.165, 1.54) is 17.0 Å². The minimum Gasteiger partial charge on any atom is -0.269 e. The molecule has 0 aliphatic carbocycles. The highest BCUT2D eigenvalue weighted by molar-refractivity contribution is 5.32. The van der Waals surface area contributed by atoms with Gasteiger partial charge in [0.2, 0.25) is 0 Å². The van der Waals surface area contributed by atoms with E-state index < -0.39 is 0 Å². The summed E-state index contributed by atoms with van der Waals surface area (Å²) in [6, 6.07) is 0. The zero-order valence-corrected chi connectivity index (χ0v) is 10.3. The molecule has 0 bridgehead atoms. The summed E-state index contributed by atoms with van der Waals surface area (Å²) >= 11 is 0. The van der Waals surface area contributed by atoms with Crippen molar-refractivity contribution in [2.75, 3.05) is 0 Å². The Morgan fingerprint density at radius 2 is 1.79 bits per heavy atom. The van der Waals surface area contributed by atoms with E-state index in [1.807, 2.05) is 0 Å². The van der Waals surface area contributed by atoms with Gasteiger partial charge in [-0.3, -0.25) is 4.68 Å². The van der Waals surface area contributed by atoms with Gasteiger partial charge >= 0.3 is 0 Å². The summed E-state index contributed by atoms with van der Waals surface area (Å²) in [5, 5.41) is 4.58. The van der Waals surface area contributed by atoms with Crippen LogP contribution in [0.1, 0.15) is 51.6 Å². The number of aryl methyl sites for hydroxylation is 2. The van der Waals surface area contributed by atoms with Gasteiger partial charge in [-0.2, -0.15) is 5.10 Å². The molecule has 0 saturated carbocycles. The first kappa shape index (κ1) is 11.3. The lowest BCUT2D eigenvalue weighted by atomic mass is 9.85. The summed E-state index contributed by atoms with van der Waals surface area (Å²) in [5.74, 6) is 0. The fraction of sp³-hybridized carbons (Fsp3) is 0.750. The first-order valence-corrected chi connectivity index (χ1v) is 5.48. The molecule has 1 rings (SSSR count). The van der Waals surface area contributed by atoms with E-state index >= 15 is 0 Å². The predicted molar refractivity (Wildman–Crippen MR) is 60.7 cm³/mol. The molecule has 80 valence electrons. The minimum atomic E-state index is 0.211. The summed E-state index contributed by atoms with van der Waals surface area (Å²) in [4.78, 5) is 0. The second-order valence-corrected chi connectivity index (χ2v) is 4.83. The molecule has 14 heavy (non-hydrogen) atoms. The Balaban J connectivity index is 3.34. The lowest BCUT2D eigenvalue weighted by Crippen LogP contribution is -2.15. The number of rotatable bonds is 2. The second-order valence-electron chi connectivity index (χ2n) is 4.83. The molecule has 1 aromatic rings. The highest BCUT2D eigenvalue weighted by atomic mass is 15.3. The third-order valence-electron chi connectivity index (χ3n) is 2.62. The monoisotopic (exact) mass is 194 g/mol. The standard InChI is InChI=1S/C12H22N2/c1-7-10-11(12(4,5)6)9(3)13-14(10)8-2/h7-8H2,1-6H3. The minimum absolute atomic E-state index is 0.211. The fourth-order valence-corrected chi connectivity index (χ4v) is 2.23. The molecule has 0 radical (unpaired) electrons. The van der Waals surface area contributed by atoms with Crippen LogP contribution in [0.3, 0.4) is 0 Å². The van der Waals surface area contributed by atoms with Crippen molar-refractivity contribution in [1.29, 1.82) is 0 Å². The van der Waals surface area contributed by atoms with E-state index in [2.05, 4.69) is 51.3 Å². The Kier molecular flexibility index (Phi) is 3.03. The zero-order chi connectivity index (χ0) is 10.9. The molecule has 0 saturated heterocycles. The van der Waals surface area contributed by atoms with Crippen LogP contribution in [0.15, 0.2) is 0 Å². The van der Waals surface area contributed by atoms with Gasteiger partial charge in [-0.05, 0) is 25.7 Å². The van der Waals surface area contributed by atoms with E-state index in [4.69, 9.17) is 0 Å². The molecule has 0 aliphatic heterocycles. The van der Waals surface area contributed by atoms with Crippen molar-refractivity contribution in [2.45, 2.75) is 59.9 Å². The predicted octanol–water partition coefficient (Wildman–Crippen LogP) is 3.07. The van der Waals surface area contributed by atoms with Crippen molar-refractivity contribution in [3.05, 3.63) is 17.0 Å². The van der Waals surface area contributed by atoms with Crippen molar-refractivity contribution in [1.82, 2.24) is 9.78 Å². The van der Waals surface area contributed by atoms with Crippen molar-refractivity contribution in [3.8, 4) is 0 Å². The lowest BCUT2D eigenvalue weighted by Gasteiger charge is -2.20. The molecule has 0 fully saturated rings. The first-order chi connectivity index (χ1) is 6.41. The molecule has 2 heteroatoms. The van der Waals surface area contributed by atoms with E-state index in [9.17, 15) is 0 Å². The molecular weight excluding hydrogens is 172 g/mol. The van der Waals surface area contributed by atoms with Gasteiger partial charge in [0, 0.05) is 17.8 Å². The molecule has 0 aromatic carbocycles. The molecule has 1 heterocycles. The van der Waals surface area contributed by atoms with Crippen LogP contribution in [0.2, 0.25) is 0 Å². The van der Waals surface area contributed by atoms with Crippen molar-refractivity contribution < 1.29 is 0 Å². The van der Waals surface area contributed by atoms with Gasteiger partial charge in [0.15, 0.2) is 0 Å². The zero-order valence-electron chi connectivity index (χ0n) is 10.3. The summed E-state index contributed by atoms with van der Waals surface area (Å²) in [7, 11) is 0. The summed E-state index contributed by atoms with van der Waals surface area (Å²) in [5.41, 5.74) is 4.23. The first-order valence-electron chi connectivity index (χ1n) is 5.48. The van der Waals surface area contributed by atoms with Crippen molar-refractivity contribution in [2.24, 2.45) is 0 Å². The van der Waals surface area contributed by atoms with Crippen LogP contribution in [0, 0.1) is 6.92 Å². The Hall–Kier alpha value is -0.790. The number of aromatic nitrogens is 2. The largest absolute Gasteiger partial charge is 0.269 e. The van der Waals surface area contributed by atoms with Gasteiger partial charge < -0.3 is 0 Å². The molecular formula is C12H22N2. The fourth-order valence-electron chi connectivity index (χ4n) is 2.23. The number of hydrogen-bond donors (Lipinski definition) is 0. The van der Waals surface area contributed by atoms with Crippen LogP contribution in [0.25, 0.3) is 0 Å².